The molecule has 1 aliphatic heterocycles. The van der Waals surface area contributed by atoms with Gasteiger partial charge in [0.25, 0.3) is 5.60 Å². The summed E-state index contributed by atoms with van der Waals surface area (Å²) in [6.07, 6.45) is -9.31. The summed E-state index contributed by atoms with van der Waals surface area (Å²) >= 11 is 0. The van der Waals surface area contributed by atoms with Crippen LogP contribution < -0.4 is 5.32 Å². The summed E-state index contributed by atoms with van der Waals surface area (Å²) in [5.41, 5.74) is -3.94. The van der Waals surface area contributed by atoms with Gasteiger partial charge in [0, 0.05) is 16.9 Å². The lowest BCUT2D eigenvalue weighted by Gasteiger charge is -2.33. The Morgan fingerprint density at radius 2 is 1.48 bits per heavy atom. The lowest BCUT2D eigenvalue weighted by molar-refractivity contribution is -0.376. The largest absolute Gasteiger partial charge is 0.430 e. The van der Waals surface area contributed by atoms with Crippen molar-refractivity contribution < 1.29 is 31.4 Å². The number of nitrogens with one attached hydrogen (secondary N) is 1. The highest BCUT2D eigenvalue weighted by atomic mass is 19.4. The zero-order chi connectivity index (χ0) is 19.9. The van der Waals surface area contributed by atoms with Crippen molar-refractivity contribution in [1.82, 2.24) is 0 Å². The number of allylic oxidation sites excluding steroid dienone is 1. The molecule has 2 nitrogen and oxygen atoms in total. The first-order chi connectivity index (χ1) is 12.5. The van der Waals surface area contributed by atoms with Crippen molar-refractivity contribution in [2.75, 3.05) is 5.32 Å². The van der Waals surface area contributed by atoms with Crippen LogP contribution in [-0.2, 0) is 12.0 Å². The second-order valence-corrected chi connectivity index (χ2v) is 6.23. The molecule has 27 heavy (non-hydrogen) atoms. The first-order valence-corrected chi connectivity index (χ1v) is 8.06. The lowest BCUT2D eigenvalue weighted by atomic mass is 9.89. The molecule has 2 N–H and O–H groups in total. The quantitative estimate of drug-likeness (QED) is 0.677. The van der Waals surface area contributed by atoms with Gasteiger partial charge in [-0.3, -0.25) is 0 Å². The summed E-state index contributed by atoms with van der Waals surface area (Å²) < 4.78 is 78.5. The molecule has 1 heterocycles. The molecular formula is C19H15F6NO. The van der Waals surface area contributed by atoms with E-state index in [4.69, 9.17) is 0 Å². The highest BCUT2D eigenvalue weighted by Gasteiger charge is 2.71. The van der Waals surface area contributed by atoms with Gasteiger partial charge in [-0.15, -0.1) is 0 Å². The van der Waals surface area contributed by atoms with Gasteiger partial charge in [-0.05, 0) is 30.0 Å². The van der Waals surface area contributed by atoms with Crippen molar-refractivity contribution in [3.05, 3.63) is 71.3 Å². The van der Waals surface area contributed by atoms with Crippen molar-refractivity contribution >= 4 is 11.4 Å². The number of hydrogen-bond donors (Lipinski definition) is 2. The zero-order valence-corrected chi connectivity index (χ0v) is 13.8. The molecule has 8 heteroatoms. The minimum atomic E-state index is -5.90. The Hall–Kier alpha value is -2.48. The van der Waals surface area contributed by atoms with Crippen LogP contribution in [0, 0.1) is 0 Å². The summed E-state index contributed by atoms with van der Waals surface area (Å²) in [6.45, 7) is 0. The maximum absolute atomic E-state index is 13.1. The van der Waals surface area contributed by atoms with Crippen molar-refractivity contribution in [3.8, 4) is 0 Å². The van der Waals surface area contributed by atoms with Gasteiger partial charge in [0.2, 0.25) is 0 Å². The Balaban J connectivity index is 2.01. The highest BCUT2D eigenvalue weighted by Crippen LogP contribution is 2.50. The van der Waals surface area contributed by atoms with Crippen LogP contribution in [0.1, 0.15) is 23.1 Å². The lowest BCUT2D eigenvalue weighted by Crippen LogP contribution is -2.53. The molecule has 0 amide bonds. The van der Waals surface area contributed by atoms with Gasteiger partial charge in [0.1, 0.15) is 0 Å². The number of benzene rings is 2. The molecule has 0 aromatic heterocycles. The molecule has 2 aromatic rings. The van der Waals surface area contributed by atoms with E-state index in [2.05, 4.69) is 5.32 Å². The van der Waals surface area contributed by atoms with Crippen LogP contribution in [0.4, 0.5) is 32.0 Å². The Morgan fingerprint density at radius 3 is 2.07 bits per heavy atom. The Bertz CT molecular complexity index is 841. The molecule has 0 fully saturated rings. The summed E-state index contributed by atoms with van der Waals surface area (Å²) in [6, 6.07) is 11.7. The normalized spacial score (nSPS) is 15.4. The Labute approximate surface area is 151 Å². The average Bonchev–Trinajstić information content (AvgIpc) is 2.81. The summed E-state index contributed by atoms with van der Waals surface area (Å²) in [5, 5.41) is 12.6. The second-order valence-electron chi connectivity index (χ2n) is 6.23. The number of halogens is 6. The molecule has 0 aliphatic carbocycles. The van der Waals surface area contributed by atoms with Crippen LogP contribution >= 0.6 is 0 Å². The number of aryl methyl sites for hydroxylation is 1. The number of hydrogen-bond acceptors (Lipinski definition) is 2. The van der Waals surface area contributed by atoms with Gasteiger partial charge >= 0.3 is 12.4 Å². The number of alkyl halides is 6. The van der Waals surface area contributed by atoms with E-state index in [-0.39, 0.29) is 12.0 Å². The van der Waals surface area contributed by atoms with Gasteiger partial charge < -0.3 is 10.4 Å². The van der Waals surface area contributed by atoms with Crippen LogP contribution in [0.15, 0.2) is 54.6 Å². The van der Waals surface area contributed by atoms with Gasteiger partial charge in [-0.25, -0.2) is 0 Å². The van der Waals surface area contributed by atoms with Crippen LogP contribution in [0.5, 0.6) is 0 Å². The second kappa shape index (κ2) is 6.60. The van der Waals surface area contributed by atoms with Gasteiger partial charge in [-0.2, -0.15) is 26.3 Å². The van der Waals surface area contributed by atoms with E-state index in [9.17, 15) is 31.4 Å². The topological polar surface area (TPSA) is 32.3 Å². The molecule has 0 spiro atoms. The third kappa shape index (κ3) is 3.41. The van der Waals surface area contributed by atoms with Crippen LogP contribution in [0.2, 0.25) is 0 Å². The third-order valence-corrected chi connectivity index (χ3v) is 4.46. The first-order valence-electron chi connectivity index (χ1n) is 8.06. The predicted molar refractivity (Wildman–Crippen MR) is 88.8 cm³/mol. The van der Waals surface area contributed by atoms with Gasteiger partial charge in [0.05, 0.1) is 0 Å². The van der Waals surface area contributed by atoms with Crippen molar-refractivity contribution in [1.29, 1.82) is 0 Å². The number of anilines is 1. The molecule has 3 rings (SSSR count). The molecule has 1 aliphatic rings. The van der Waals surface area contributed by atoms with E-state index in [0.717, 1.165) is 17.7 Å². The fraction of sp³-hybridized carbons (Fsp3) is 0.263. The van der Waals surface area contributed by atoms with Gasteiger partial charge in [-0.1, -0.05) is 48.5 Å². The van der Waals surface area contributed by atoms with E-state index < -0.39 is 23.5 Å². The van der Waals surface area contributed by atoms with Crippen LogP contribution in [0.3, 0.4) is 0 Å². The first kappa shape index (κ1) is 19.3. The van der Waals surface area contributed by atoms with E-state index in [1.807, 2.05) is 36.4 Å². The summed E-state index contributed by atoms with van der Waals surface area (Å²) in [4.78, 5) is 0. The molecule has 0 atom stereocenters. The SMILES string of the molecule is OC(c1ccc2c(c1)CCC=C(c1ccccc1)N2)(C(F)(F)F)C(F)(F)F. The van der Waals surface area contributed by atoms with Crippen LogP contribution in [0.25, 0.3) is 5.70 Å². The van der Waals surface area contributed by atoms with E-state index in [1.54, 1.807) is 0 Å². The molecule has 0 saturated carbocycles. The Morgan fingerprint density at radius 1 is 0.852 bits per heavy atom. The standard InChI is InChI=1S/C19H15F6NO/c20-18(21,22)17(27,19(23,24)25)14-9-10-16-13(11-14)7-4-8-15(26-16)12-5-2-1-3-6-12/h1-3,5-6,8-11,26-27H,4,7H2. The molecule has 0 unspecified atom stereocenters. The minimum Gasteiger partial charge on any atom is -0.369 e. The summed E-state index contributed by atoms with van der Waals surface area (Å²) in [7, 11) is 0. The van der Waals surface area contributed by atoms with E-state index in [0.29, 0.717) is 23.9 Å². The third-order valence-electron chi connectivity index (χ3n) is 4.46. The molecular weight excluding hydrogens is 372 g/mol. The average molecular weight is 387 g/mol. The van der Waals surface area contributed by atoms with Crippen molar-refractivity contribution in [3.63, 3.8) is 0 Å². The van der Waals surface area contributed by atoms with Gasteiger partial charge in [0.15, 0.2) is 0 Å². The van der Waals surface area contributed by atoms with Crippen molar-refractivity contribution in [2.24, 2.45) is 0 Å². The highest BCUT2D eigenvalue weighted by molar-refractivity contribution is 5.79. The molecule has 0 radical (unpaired) electrons. The predicted octanol–water partition coefficient (Wildman–Crippen LogP) is 5.40. The molecule has 0 bridgehead atoms. The number of aliphatic hydroxyl groups is 1. The Kier molecular flexibility index (Phi) is 4.71. The molecule has 144 valence electrons. The minimum absolute atomic E-state index is 0.234. The number of rotatable bonds is 2. The van der Waals surface area contributed by atoms with E-state index in [1.165, 1.54) is 0 Å². The molecule has 2 aromatic carbocycles. The number of fused-ring (bicyclic) bond motifs is 1. The van der Waals surface area contributed by atoms with E-state index >= 15 is 0 Å². The zero-order valence-electron chi connectivity index (χ0n) is 13.8. The monoisotopic (exact) mass is 387 g/mol. The van der Waals surface area contributed by atoms with Crippen molar-refractivity contribution in [2.45, 2.75) is 30.8 Å². The maximum atomic E-state index is 13.1. The molecule has 0 saturated heterocycles. The van der Waals surface area contributed by atoms with Crippen LogP contribution in [-0.4, -0.2) is 17.5 Å². The maximum Gasteiger partial charge on any atom is 0.430 e. The fourth-order valence-electron chi connectivity index (χ4n) is 3.01. The fourth-order valence-corrected chi connectivity index (χ4v) is 3.01. The summed E-state index contributed by atoms with van der Waals surface area (Å²) in [5.74, 6) is 0. The smallest absolute Gasteiger partial charge is 0.369 e.